The van der Waals surface area contributed by atoms with Gasteiger partial charge in [0.15, 0.2) is 0 Å². The third-order valence-electron chi connectivity index (χ3n) is 3.40. The van der Waals surface area contributed by atoms with Crippen molar-refractivity contribution in [2.75, 3.05) is 24.3 Å². The summed E-state index contributed by atoms with van der Waals surface area (Å²) in [5.41, 5.74) is 8.15. The Kier molecular flexibility index (Phi) is 8.51. The van der Waals surface area contributed by atoms with Gasteiger partial charge >= 0.3 is 0 Å². The van der Waals surface area contributed by atoms with E-state index >= 15 is 0 Å². The van der Waals surface area contributed by atoms with Crippen LogP contribution in [0.1, 0.15) is 51.0 Å². The molecule has 0 aliphatic carbocycles. The number of nitrogens with two attached hydrogens (primary N) is 1. The van der Waals surface area contributed by atoms with Gasteiger partial charge < -0.3 is 15.8 Å². The first-order chi connectivity index (χ1) is 10.1. The molecule has 1 aromatic carbocycles. The van der Waals surface area contributed by atoms with E-state index in [4.69, 9.17) is 10.5 Å². The quantitative estimate of drug-likeness (QED) is 0.508. The van der Waals surface area contributed by atoms with Crippen molar-refractivity contribution in [2.45, 2.75) is 52.4 Å². The second-order valence-electron chi connectivity index (χ2n) is 5.40. The van der Waals surface area contributed by atoms with Crippen LogP contribution in [0, 0.1) is 6.92 Å². The first kappa shape index (κ1) is 17.5. The Hall–Kier alpha value is -1.55. The summed E-state index contributed by atoms with van der Waals surface area (Å²) in [5, 5.41) is 2.87. The van der Waals surface area contributed by atoms with E-state index in [0.29, 0.717) is 18.7 Å². The molecule has 0 aliphatic heterocycles. The van der Waals surface area contributed by atoms with E-state index in [1.54, 1.807) is 6.07 Å². The zero-order valence-electron chi connectivity index (χ0n) is 13.3. The molecule has 3 N–H and O–H groups in total. The lowest BCUT2D eigenvalue weighted by molar-refractivity contribution is -0.117. The van der Waals surface area contributed by atoms with Gasteiger partial charge in [-0.3, -0.25) is 4.79 Å². The fourth-order valence-electron chi connectivity index (χ4n) is 2.06. The number of nitrogen functional groups attached to an aromatic ring is 1. The number of unbranched alkanes of at least 4 members (excludes halogenated alkanes) is 4. The number of ether oxygens (including phenoxy) is 1. The van der Waals surface area contributed by atoms with Crippen LogP contribution in [0.5, 0.6) is 0 Å². The van der Waals surface area contributed by atoms with Crippen LogP contribution in [0.15, 0.2) is 18.2 Å². The smallest absolute Gasteiger partial charge is 0.226 e. The molecule has 0 bridgehead atoms. The third-order valence-corrected chi connectivity index (χ3v) is 3.40. The highest BCUT2D eigenvalue weighted by molar-refractivity contribution is 5.92. The second-order valence-corrected chi connectivity index (χ2v) is 5.40. The Morgan fingerprint density at radius 1 is 1.19 bits per heavy atom. The van der Waals surface area contributed by atoms with Crippen LogP contribution >= 0.6 is 0 Å². The van der Waals surface area contributed by atoms with E-state index in [0.717, 1.165) is 24.3 Å². The van der Waals surface area contributed by atoms with Crippen molar-refractivity contribution < 1.29 is 9.53 Å². The molecule has 1 amide bonds. The largest absolute Gasteiger partial charge is 0.399 e. The highest BCUT2D eigenvalue weighted by atomic mass is 16.5. The van der Waals surface area contributed by atoms with Gasteiger partial charge in [0.05, 0.1) is 13.0 Å². The molecule has 1 rings (SSSR count). The maximum Gasteiger partial charge on any atom is 0.226 e. The number of aryl methyl sites for hydroxylation is 1. The Bertz CT molecular complexity index is 433. The van der Waals surface area contributed by atoms with Crippen molar-refractivity contribution in [1.29, 1.82) is 0 Å². The maximum absolute atomic E-state index is 11.8. The minimum Gasteiger partial charge on any atom is -0.399 e. The van der Waals surface area contributed by atoms with Crippen LogP contribution in [0.4, 0.5) is 11.4 Å². The average molecular weight is 292 g/mol. The molecule has 0 radical (unpaired) electrons. The van der Waals surface area contributed by atoms with Crippen LogP contribution in [0.25, 0.3) is 0 Å². The number of amides is 1. The number of hydrogen-bond acceptors (Lipinski definition) is 3. The highest BCUT2D eigenvalue weighted by Crippen LogP contribution is 2.18. The van der Waals surface area contributed by atoms with Gasteiger partial charge in [-0.25, -0.2) is 0 Å². The molecule has 0 spiro atoms. The Morgan fingerprint density at radius 2 is 1.95 bits per heavy atom. The Morgan fingerprint density at radius 3 is 2.71 bits per heavy atom. The van der Waals surface area contributed by atoms with Crippen molar-refractivity contribution in [1.82, 2.24) is 0 Å². The molecule has 0 saturated carbocycles. The minimum atomic E-state index is -0.0327. The van der Waals surface area contributed by atoms with E-state index in [-0.39, 0.29) is 5.91 Å². The summed E-state index contributed by atoms with van der Waals surface area (Å²) in [5.74, 6) is -0.0327. The second kappa shape index (κ2) is 10.2. The molecule has 118 valence electrons. The number of carbonyl (C=O) groups excluding carboxylic acids is 1. The molecule has 21 heavy (non-hydrogen) atoms. The van der Waals surface area contributed by atoms with Crippen LogP contribution in [-0.2, 0) is 9.53 Å². The van der Waals surface area contributed by atoms with Crippen molar-refractivity contribution in [2.24, 2.45) is 0 Å². The number of hydrogen-bond donors (Lipinski definition) is 2. The molecule has 4 nitrogen and oxygen atoms in total. The van der Waals surface area contributed by atoms with Crippen LogP contribution < -0.4 is 11.1 Å². The first-order valence-corrected chi connectivity index (χ1v) is 7.87. The van der Waals surface area contributed by atoms with Gasteiger partial charge in [-0.05, 0) is 31.0 Å². The average Bonchev–Trinajstić information content (AvgIpc) is 2.46. The predicted molar refractivity (Wildman–Crippen MR) is 88.4 cm³/mol. The molecule has 0 atom stereocenters. The standard InChI is InChI=1S/C17H28N2O2/c1-3-4-5-6-7-11-21-12-10-17(20)19-16-13-15(18)9-8-14(16)2/h8-9,13H,3-7,10-12,18H2,1-2H3,(H,19,20). The van der Waals surface area contributed by atoms with E-state index in [9.17, 15) is 4.79 Å². The van der Waals surface area contributed by atoms with Crippen molar-refractivity contribution >= 4 is 17.3 Å². The molecular weight excluding hydrogens is 264 g/mol. The number of carbonyl (C=O) groups is 1. The molecule has 0 heterocycles. The van der Waals surface area contributed by atoms with Crippen molar-refractivity contribution in [3.63, 3.8) is 0 Å². The Labute approximate surface area is 128 Å². The fraction of sp³-hybridized carbons (Fsp3) is 0.588. The summed E-state index contributed by atoms with van der Waals surface area (Å²) in [6.45, 7) is 5.37. The van der Waals surface area contributed by atoms with E-state index < -0.39 is 0 Å². The summed E-state index contributed by atoms with van der Waals surface area (Å²) in [7, 11) is 0. The van der Waals surface area contributed by atoms with Crippen LogP contribution in [-0.4, -0.2) is 19.1 Å². The lowest BCUT2D eigenvalue weighted by Crippen LogP contribution is -2.15. The summed E-state index contributed by atoms with van der Waals surface area (Å²) in [6.07, 6.45) is 6.49. The molecule has 0 fully saturated rings. The highest BCUT2D eigenvalue weighted by Gasteiger charge is 2.05. The van der Waals surface area contributed by atoms with Gasteiger partial charge in [-0.2, -0.15) is 0 Å². The summed E-state index contributed by atoms with van der Waals surface area (Å²) >= 11 is 0. The SMILES string of the molecule is CCCCCCCOCCC(=O)Nc1cc(N)ccc1C. The van der Waals surface area contributed by atoms with E-state index in [1.807, 2.05) is 19.1 Å². The van der Waals surface area contributed by atoms with E-state index in [2.05, 4.69) is 12.2 Å². The Balaban J connectivity index is 2.13. The molecule has 4 heteroatoms. The first-order valence-electron chi connectivity index (χ1n) is 7.87. The topological polar surface area (TPSA) is 64.3 Å². The molecule has 0 saturated heterocycles. The zero-order valence-corrected chi connectivity index (χ0v) is 13.3. The lowest BCUT2D eigenvalue weighted by Gasteiger charge is -2.09. The summed E-state index contributed by atoms with van der Waals surface area (Å²) < 4.78 is 5.49. The molecule has 0 aromatic heterocycles. The van der Waals surface area contributed by atoms with Gasteiger partial charge in [-0.1, -0.05) is 38.7 Å². The monoisotopic (exact) mass is 292 g/mol. The summed E-state index contributed by atoms with van der Waals surface area (Å²) in [6, 6.07) is 5.51. The molecule has 0 unspecified atom stereocenters. The molecule has 0 aliphatic rings. The maximum atomic E-state index is 11.8. The summed E-state index contributed by atoms with van der Waals surface area (Å²) in [4.78, 5) is 11.8. The van der Waals surface area contributed by atoms with Crippen LogP contribution in [0.3, 0.4) is 0 Å². The number of rotatable bonds is 10. The van der Waals surface area contributed by atoms with Crippen LogP contribution in [0.2, 0.25) is 0 Å². The predicted octanol–water partition coefficient (Wildman–Crippen LogP) is 3.89. The molecular formula is C17H28N2O2. The fourth-order valence-corrected chi connectivity index (χ4v) is 2.06. The van der Waals surface area contributed by atoms with Crippen molar-refractivity contribution in [3.05, 3.63) is 23.8 Å². The van der Waals surface area contributed by atoms with Gasteiger partial charge in [0.1, 0.15) is 0 Å². The van der Waals surface area contributed by atoms with Gasteiger partial charge in [0.2, 0.25) is 5.91 Å². The number of anilines is 2. The molecule has 1 aromatic rings. The van der Waals surface area contributed by atoms with E-state index in [1.165, 1.54) is 25.7 Å². The lowest BCUT2D eigenvalue weighted by atomic mass is 10.2. The third kappa shape index (κ3) is 7.71. The van der Waals surface area contributed by atoms with Gasteiger partial charge in [-0.15, -0.1) is 0 Å². The minimum absolute atomic E-state index is 0.0327. The van der Waals surface area contributed by atoms with Crippen molar-refractivity contribution in [3.8, 4) is 0 Å². The van der Waals surface area contributed by atoms with Gasteiger partial charge in [0.25, 0.3) is 0 Å². The zero-order chi connectivity index (χ0) is 15.5. The number of nitrogens with one attached hydrogen (secondary N) is 1. The number of benzene rings is 1. The normalized spacial score (nSPS) is 10.6. The van der Waals surface area contributed by atoms with Gasteiger partial charge in [0, 0.05) is 18.0 Å².